The molecule has 2 saturated carbocycles. The summed E-state index contributed by atoms with van der Waals surface area (Å²) < 4.78 is 53.9. The first-order chi connectivity index (χ1) is 16.2. The molecule has 0 aromatic heterocycles. The highest BCUT2D eigenvalue weighted by atomic mass is 19.2. The van der Waals surface area contributed by atoms with Gasteiger partial charge in [-0.2, -0.15) is 0 Å². The summed E-state index contributed by atoms with van der Waals surface area (Å²) in [4.78, 5) is 12.5. The number of esters is 1. The Kier molecular flexibility index (Phi) is 9.00. The van der Waals surface area contributed by atoms with Crippen LogP contribution in [0.1, 0.15) is 81.3 Å². The van der Waals surface area contributed by atoms with Crippen LogP contribution in [0.15, 0.2) is 48.7 Å². The number of hydrogen-bond donors (Lipinski definition) is 1. The molecule has 0 amide bonds. The van der Waals surface area contributed by atoms with Crippen molar-refractivity contribution in [2.75, 3.05) is 6.61 Å². The molecule has 0 heterocycles. The van der Waals surface area contributed by atoms with E-state index in [0.29, 0.717) is 62.5 Å². The quantitative estimate of drug-likeness (QED) is 0.256. The van der Waals surface area contributed by atoms with Gasteiger partial charge in [0.1, 0.15) is 11.5 Å². The van der Waals surface area contributed by atoms with Crippen molar-refractivity contribution in [3.63, 3.8) is 0 Å². The summed E-state index contributed by atoms with van der Waals surface area (Å²) in [5, 5.41) is 9.67. The van der Waals surface area contributed by atoms with Crippen molar-refractivity contribution < 1.29 is 32.5 Å². The summed E-state index contributed by atoms with van der Waals surface area (Å²) in [5.41, 5.74) is 0.726. The van der Waals surface area contributed by atoms with Crippen LogP contribution < -0.4 is 0 Å². The third-order valence-electron chi connectivity index (χ3n) is 6.88. The monoisotopic (exact) mass is 478 g/mol. The summed E-state index contributed by atoms with van der Waals surface area (Å²) in [6.45, 7) is 8.94. The zero-order valence-corrected chi connectivity index (χ0v) is 19.6. The average molecular weight is 479 g/mol. The van der Waals surface area contributed by atoms with Crippen LogP contribution in [0.4, 0.5) is 13.2 Å². The normalized spacial score (nSPS) is 25.5. The fourth-order valence-corrected chi connectivity index (χ4v) is 4.94. The zero-order chi connectivity index (χ0) is 24.8. The van der Waals surface area contributed by atoms with E-state index in [0.717, 1.165) is 6.08 Å². The van der Waals surface area contributed by atoms with Gasteiger partial charge in [0.05, 0.1) is 18.6 Å². The minimum Gasteiger partial charge on any atom is -0.491 e. The molecule has 186 valence electrons. The minimum atomic E-state index is -0.807. The molecule has 2 aliphatic rings. The van der Waals surface area contributed by atoms with Crippen molar-refractivity contribution >= 4 is 5.97 Å². The first-order valence-electron chi connectivity index (χ1n) is 12.0. The number of allylic oxidation sites excluding steroid dienone is 2. The van der Waals surface area contributed by atoms with Gasteiger partial charge in [-0.3, -0.25) is 4.79 Å². The number of aliphatic hydroxyl groups is 1. The molecule has 1 N–H and O–H groups in total. The highest BCUT2D eigenvalue weighted by molar-refractivity contribution is 5.74. The van der Waals surface area contributed by atoms with Crippen molar-refractivity contribution in [3.05, 3.63) is 71.5 Å². The molecule has 7 heteroatoms. The zero-order valence-electron chi connectivity index (χ0n) is 19.6. The summed E-state index contributed by atoms with van der Waals surface area (Å²) in [7, 11) is 0. The molecule has 2 fully saturated rings. The van der Waals surface area contributed by atoms with Crippen LogP contribution in [0.5, 0.6) is 0 Å². The summed E-state index contributed by atoms with van der Waals surface area (Å²) in [5.74, 6) is -3.88. The maximum absolute atomic E-state index is 15.0. The molecule has 0 unspecified atom stereocenters. The third-order valence-corrected chi connectivity index (χ3v) is 6.88. The molecular weight excluding hydrogens is 445 g/mol. The predicted molar refractivity (Wildman–Crippen MR) is 123 cm³/mol. The second-order valence-electron chi connectivity index (χ2n) is 9.16. The molecule has 2 aliphatic carbocycles. The van der Waals surface area contributed by atoms with E-state index in [4.69, 9.17) is 9.47 Å². The van der Waals surface area contributed by atoms with E-state index in [1.54, 1.807) is 19.1 Å². The van der Waals surface area contributed by atoms with Gasteiger partial charge in [0.15, 0.2) is 17.5 Å². The minimum absolute atomic E-state index is 0.0739. The van der Waals surface area contributed by atoms with Crippen molar-refractivity contribution in [1.82, 2.24) is 0 Å². The van der Waals surface area contributed by atoms with Gasteiger partial charge < -0.3 is 14.6 Å². The number of ether oxygens (including phenoxy) is 2. The Balaban J connectivity index is 1.56. The topological polar surface area (TPSA) is 55.8 Å². The van der Waals surface area contributed by atoms with Crippen molar-refractivity contribution in [2.24, 2.45) is 5.92 Å². The van der Waals surface area contributed by atoms with Crippen molar-refractivity contribution in [2.45, 2.75) is 76.2 Å². The smallest absolute Gasteiger partial charge is 0.314 e. The number of hydrogen-bond acceptors (Lipinski definition) is 4. The van der Waals surface area contributed by atoms with E-state index < -0.39 is 29.3 Å². The maximum Gasteiger partial charge on any atom is 0.314 e. The standard InChI is InChI=1S/C27H33F3O4/c1-4-33-17(3)24(28)15-16(2)34-27(32)20-7-5-18(6-8-20)22-13-14-23(26(30)25(22)29)19-9-11-21(31)12-10-19/h13-15,18-21,31H,2-12H2,1H3/b24-15+. The van der Waals surface area contributed by atoms with Crippen molar-refractivity contribution in [3.8, 4) is 0 Å². The molecule has 4 nitrogen and oxygen atoms in total. The van der Waals surface area contributed by atoms with Gasteiger partial charge in [0.25, 0.3) is 0 Å². The summed E-state index contributed by atoms with van der Waals surface area (Å²) in [6, 6.07) is 3.35. The Morgan fingerprint density at radius 2 is 1.50 bits per heavy atom. The van der Waals surface area contributed by atoms with Gasteiger partial charge in [-0.25, -0.2) is 13.2 Å². The predicted octanol–water partition coefficient (Wildman–Crippen LogP) is 6.72. The molecule has 34 heavy (non-hydrogen) atoms. The van der Waals surface area contributed by atoms with E-state index >= 15 is 0 Å². The van der Waals surface area contributed by atoms with Gasteiger partial charge in [0, 0.05) is 6.08 Å². The van der Waals surface area contributed by atoms with E-state index in [9.17, 15) is 23.1 Å². The molecule has 0 radical (unpaired) electrons. The molecule has 0 saturated heterocycles. The van der Waals surface area contributed by atoms with E-state index in [1.807, 2.05) is 0 Å². The lowest BCUT2D eigenvalue weighted by Gasteiger charge is -2.29. The molecule has 0 bridgehead atoms. The highest BCUT2D eigenvalue weighted by Gasteiger charge is 2.32. The van der Waals surface area contributed by atoms with Crippen molar-refractivity contribution in [1.29, 1.82) is 0 Å². The molecule has 3 rings (SSSR count). The number of carbonyl (C=O) groups excluding carboxylic acids is 1. The van der Waals surface area contributed by atoms with Gasteiger partial charge in [-0.05, 0) is 81.3 Å². The number of carbonyl (C=O) groups is 1. The Hall–Kier alpha value is -2.54. The van der Waals surface area contributed by atoms with Gasteiger partial charge >= 0.3 is 5.97 Å². The number of aliphatic hydroxyl groups excluding tert-OH is 1. The van der Waals surface area contributed by atoms with Gasteiger partial charge in [-0.15, -0.1) is 0 Å². The average Bonchev–Trinajstić information content (AvgIpc) is 2.81. The van der Waals surface area contributed by atoms with Crippen LogP contribution in [0, 0.1) is 17.6 Å². The van der Waals surface area contributed by atoms with E-state index in [2.05, 4.69) is 13.2 Å². The second kappa shape index (κ2) is 11.7. The first kappa shape index (κ1) is 26.1. The molecule has 1 aromatic rings. The number of rotatable bonds is 8. The molecule has 0 atom stereocenters. The lowest BCUT2D eigenvalue weighted by molar-refractivity contribution is -0.144. The van der Waals surface area contributed by atoms with E-state index in [1.165, 1.54) is 0 Å². The SMILES string of the molecule is C=C(/C=C(/F)C(=C)OCC)OC(=O)C1CCC(c2ccc(C3CCC(O)CC3)c(F)c2F)CC1. The lowest BCUT2D eigenvalue weighted by atomic mass is 9.77. The maximum atomic E-state index is 15.0. The first-order valence-corrected chi connectivity index (χ1v) is 12.0. The molecule has 0 spiro atoms. The molecule has 1 aromatic carbocycles. The number of benzene rings is 1. The van der Waals surface area contributed by atoms with Crippen LogP contribution in [-0.4, -0.2) is 23.8 Å². The van der Waals surface area contributed by atoms with Gasteiger partial charge in [0.2, 0.25) is 0 Å². The molecular formula is C27H33F3O4. The van der Waals surface area contributed by atoms with E-state index in [-0.39, 0.29) is 36.1 Å². The Morgan fingerprint density at radius 3 is 2.00 bits per heavy atom. The van der Waals surface area contributed by atoms with Crippen LogP contribution in [0.3, 0.4) is 0 Å². The van der Waals surface area contributed by atoms with Crippen LogP contribution in [0.2, 0.25) is 0 Å². The third kappa shape index (κ3) is 6.32. The largest absolute Gasteiger partial charge is 0.491 e. The second-order valence-corrected chi connectivity index (χ2v) is 9.16. The fraction of sp³-hybridized carbons (Fsp3) is 0.519. The van der Waals surface area contributed by atoms with Crippen LogP contribution in [-0.2, 0) is 14.3 Å². The lowest BCUT2D eigenvalue weighted by Crippen LogP contribution is -2.23. The fourth-order valence-electron chi connectivity index (χ4n) is 4.94. The van der Waals surface area contributed by atoms with Gasteiger partial charge in [-0.1, -0.05) is 25.3 Å². The Labute approximate surface area is 199 Å². The Morgan fingerprint density at radius 1 is 1.00 bits per heavy atom. The van der Waals surface area contributed by atoms with Crippen LogP contribution >= 0.6 is 0 Å². The highest BCUT2D eigenvalue weighted by Crippen LogP contribution is 2.41. The summed E-state index contributed by atoms with van der Waals surface area (Å²) >= 11 is 0. The van der Waals surface area contributed by atoms with Crippen LogP contribution in [0.25, 0.3) is 0 Å². The summed E-state index contributed by atoms with van der Waals surface area (Å²) in [6.07, 6.45) is 5.04. The number of halogens is 3. The Bertz CT molecular complexity index is 939. The molecule has 0 aliphatic heterocycles.